The first kappa shape index (κ1) is 89.3. The molecule has 4 atom stereocenters. The third-order valence-electron chi connectivity index (χ3n) is 21.6. The predicted molar refractivity (Wildman–Crippen MR) is 483 cm³/mol. The van der Waals surface area contributed by atoms with Crippen LogP contribution in [0.25, 0.3) is 22.3 Å². The monoisotopic (exact) mass is 1560 g/mol. The Kier molecular flexibility index (Phi) is 32.3. The van der Waals surface area contributed by atoms with Crippen molar-refractivity contribution in [2.75, 3.05) is 13.2 Å². The third-order valence-corrected chi connectivity index (χ3v) is 51.9. The average molecular weight is 1560 g/mol. The first-order valence-corrected chi connectivity index (χ1v) is 64.8. The van der Waals surface area contributed by atoms with Gasteiger partial charge in [0.05, 0.1) is 13.2 Å². The van der Waals surface area contributed by atoms with E-state index in [1.807, 2.05) is 0 Å². The van der Waals surface area contributed by atoms with Gasteiger partial charge in [-0.05, 0) is 322 Å². The highest BCUT2D eigenvalue weighted by Gasteiger charge is 2.39. The van der Waals surface area contributed by atoms with Gasteiger partial charge in [0, 0.05) is 5.41 Å². The molecule has 105 heavy (non-hydrogen) atoms. The zero-order valence-corrected chi connectivity index (χ0v) is 79.1. The van der Waals surface area contributed by atoms with Gasteiger partial charge in [-0.2, -0.15) is 0 Å². The summed E-state index contributed by atoms with van der Waals surface area (Å²) in [5, 5.41) is 0. The van der Waals surface area contributed by atoms with Crippen LogP contribution < -0.4 is 9.47 Å². The Hall–Kier alpha value is -4.54. The fourth-order valence-corrected chi connectivity index (χ4v) is 54.5. The molecular formula is C91H144O6Si8. The summed E-state index contributed by atoms with van der Waals surface area (Å²) < 4.78 is 43.4. The molecule has 576 valence electrons. The highest BCUT2D eigenvalue weighted by molar-refractivity contribution is 6.87. The first-order valence-electron chi connectivity index (χ1n) is 39.9. The number of aryl methyl sites for hydroxylation is 2. The quantitative estimate of drug-likeness (QED) is 0.0281. The zero-order chi connectivity index (χ0) is 78.3. The minimum absolute atomic E-state index is 0.314. The molecule has 0 N–H and O–H groups in total. The summed E-state index contributed by atoms with van der Waals surface area (Å²) >= 11 is 0. The molecule has 0 saturated heterocycles. The molecule has 0 aliphatic rings. The average Bonchev–Trinajstić information content (AvgIpc) is 0.783. The second kappa shape index (κ2) is 37.9. The Labute approximate surface area is 651 Å². The van der Waals surface area contributed by atoms with Crippen LogP contribution in [0, 0.1) is 0 Å². The maximum absolute atomic E-state index is 7.42. The Bertz CT molecular complexity index is 3860. The van der Waals surface area contributed by atoms with Crippen LogP contribution in [0.2, 0.25) is 153 Å². The Morgan fingerprint density at radius 1 is 0.324 bits per heavy atom. The molecule has 0 radical (unpaired) electrons. The van der Waals surface area contributed by atoms with Gasteiger partial charge in [0.1, 0.15) is 11.5 Å². The highest BCUT2D eigenvalue weighted by Crippen LogP contribution is 2.41. The van der Waals surface area contributed by atoms with Gasteiger partial charge < -0.3 is 25.9 Å². The van der Waals surface area contributed by atoms with Crippen molar-refractivity contribution in [2.24, 2.45) is 0 Å². The predicted octanol–water partition coefficient (Wildman–Crippen LogP) is 28.5. The second-order valence-corrected chi connectivity index (χ2v) is 72.5. The van der Waals surface area contributed by atoms with Gasteiger partial charge in [0.25, 0.3) is 0 Å². The van der Waals surface area contributed by atoms with Crippen molar-refractivity contribution in [2.45, 2.75) is 290 Å². The molecule has 6 aromatic carbocycles. The molecule has 0 aliphatic carbocycles. The highest BCUT2D eigenvalue weighted by atomic mass is 28.4. The van der Waals surface area contributed by atoms with Crippen molar-refractivity contribution in [3.05, 3.63) is 227 Å². The van der Waals surface area contributed by atoms with E-state index in [0.29, 0.717) is 36.9 Å². The maximum Gasteiger partial charge on any atom is 0.174 e. The number of hydrogen-bond donors (Lipinski definition) is 0. The number of hydrogen-bond acceptors (Lipinski definition) is 6. The molecule has 6 aromatic rings. The van der Waals surface area contributed by atoms with Gasteiger partial charge in [0.2, 0.25) is 0 Å². The maximum atomic E-state index is 7.42. The van der Waals surface area contributed by atoms with Crippen LogP contribution in [0.3, 0.4) is 0 Å². The second-order valence-electron chi connectivity index (χ2n) is 37.4. The molecule has 6 rings (SSSR count). The Balaban J connectivity index is 1.24. The Morgan fingerprint density at radius 2 is 0.600 bits per heavy atom. The lowest BCUT2D eigenvalue weighted by Crippen LogP contribution is -2.45. The van der Waals surface area contributed by atoms with E-state index in [0.717, 1.165) is 121 Å². The van der Waals surface area contributed by atoms with E-state index < -0.39 is 66.5 Å². The van der Waals surface area contributed by atoms with Crippen LogP contribution in [0.15, 0.2) is 160 Å². The van der Waals surface area contributed by atoms with Gasteiger partial charge in [-0.1, -0.05) is 211 Å². The summed E-state index contributed by atoms with van der Waals surface area (Å²) in [6, 6.07) is 58.8. The SMILES string of the molecule is C=C(C)c1ccc(C(C)C[Si](C)(C)O[Si](C)(C)CCCOc2ccc(C(C)(C)c3ccc(OCCC[Si](C)(C)O[Si](C)(C)CC(C)c4cccc(C(=C)C)c4)c(CCC[Si](C)(C)O[Si](C)(C)CC(C)c4cccc(C(=C)C)c4)c3)cc2CCC[Si](C)(C)O[Si](C)(C)CC(C)c2cccc(C(=C)C)c2)cc1. The first-order chi connectivity index (χ1) is 48.6. The normalized spacial score (nSPS) is 14.2. The van der Waals surface area contributed by atoms with Crippen molar-refractivity contribution in [3.63, 3.8) is 0 Å². The van der Waals surface area contributed by atoms with Gasteiger partial charge in [-0.25, -0.2) is 0 Å². The van der Waals surface area contributed by atoms with Crippen LogP contribution in [0.5, 0.6) is 11.5 Å². The minimum atomic E-state index is -2.07. The Morgan fingerprint density at radius 3 is 0.886 bits per heavy atom. The smallest absolute Gasteiger partial charge is 0.174 e. The fraction of sp³-hybridized carbons (Fsp3) is 0.516. The van der Waals surface area contributed by atoms with Gasteiger partial charge >= 0.3 is 0 Å². The van der Waals surface area contributed by atoms with Crippen molar-refractivity contribution in [1.29, 1.82) is 0 Å². The van der Waals surface area contributed by atoms with Crippen LogP contribution in [0.4, 0.5) is 0 Å². The molecule has 14 heteroatoms. The van der Waals surface area contributed by atoms with Crippen molar-refractivity contribution >= 4 is 88.8 Å². The third kappa shape index (κ3) is 29.3. The van der Waals surface area contributed by atoms with E-state index in [2.05, 4.69) is 334 Å². The van der Waals surface area contributed by atoms with Crippen LogP contribution >= 0.6 is 0 Å². The van der Waals surface area contributed by atoms with Crippen molar-refractivity contribution < 1.29 is 25.9 Å². The van der Waals surface area contributed by atoms with Crippen molar-refractivity contribution in [1.82, 2.24) is 0 Å². The van der Waals surface area contributed by atoms with E-state index >= 15 is 0 Å². The lowest BCUT2D eigenvalue weighted by atomic mass is 9.76. The molecule has 0 saturated carbocycles. The summed E-state index contributed by atoms with van der Waals surface area (Å²) in [6.45, 7) is 79.8. The lowest BCUT2D eigenvalue weighted by molar-refractivity contribution is 0.311. The van der Waals surface area contributed by atoms with E-state index in [1.165, 1.54) is 66.8 Å². The van der Waals surface area contributed by atoms with Gasteiger partial charge in [-0.15, -0.1) is 0 Å². The fourth-order valence-electron chi connectivity index (χ4n) is 16.8. The van der Waals surface area contributed by atoms with E-state index in [9.17, 15) is 0 Å². The van der Waals surface area contributed by atoms with E-state index in [1.54, 1.807) is 0 Å². The molecule has 0 aromatic heterocycles. The summed E-state index contributed by atoms with van der Waals surface area (Å²) in [4.78, 5) is 0. The summed E-state index contributed by atoms with van der Waals surface area (Å²) in [6.07, 6.45) is 5.86. The molecule has 0 spiro atoms. The van der Waals surface area contributed by atoms with Gasteiger partial charge in [-0.3, -0.25) is 0 Å². The number of benzene rings is 6. The number of rotatable bonds is 44. The van der Waals surface area contributed by atoms with Crippen molar-refractivity contribution in [3.8, 4) is 11.5 Å². The minimum Gasteiger partial charge on any atom is -0.493 e. The van der Waals surface area contributed by atoms with E-state index in [-0.39, 0.29) is 5.41 Å². The molecular weight excluding hydrogens is 1410 g/mol. The zero-order valence-electron chi connectivity index (χ0n) is 71.1. The molecule has 0 amide bonds. The molecule has 0 aliphatic heterocycles. The van der Waals surface area contributed by atoms with Crippen LogP contribution in [-0.4, -0.2) is 79.8 Å². The number of ether oxygens (including phenoxy) is 2. The molecule has 4 unspecified atom stereocenters. The molecule has 0 heterocycles. The van der Waals surface area contributed by atoms with E-state index in [4.69, 9.17) is 25.9 Å². The molecule has 0 fully saturated rings. The molecule has 6 nitrogen and oxygen atoms in total. The summed E-state index contributed by atoms with van der Waals surface area (Å²) in [5.74, 6) is 3.71. The topological polar surface area (TPSA) is 55.4 Å². The lowest BCUT2D eigenvalue weighted by Gasteiger charge is -2.36. The van der Waals surface area contributed by atoms with Gasteiger partial charge in [0.15, 0.2) is 66.5 Å². The molecule has 0 bridgehead atoms. The number of allylic oxidation sites excluding steroid dienone is 4. The summed E-state index contributed by atoms with van der Waals surface area (Å²) in [5.41, 5.74) is 19.7. The van der Waals surface area contributed by atoms with Crippen LogP contribution in [0.1, 0.15) is 185 Å². The summed E-state index contributed by atoms with van der Waals surface area (Å²) in [7, 11) is -16.2. The van der Waals surface area contributed by atoms with Crippen LogP contribution in [-0.2, 0) is 34.7 Å². The standard InChI is InChI=1S/C91H144O6Si8/c1-69(2)77-46-48-78(49-47-77)73(9)65-102(23,24)96-100(19,20)58-36-54-92-89-52-50-87(63-85(89)44-34-56-98(15,16)94-103(25,26)66-74(10)82-41-31-38-79(60-82)70(3)4)91(13,14)88-51-53-90(93-55-37-59-101(21,22)97-105(29,30)68-76(12)84-43-33-40-81(62-84)72(7)8)86(64-88)45-35-57-99(17,18)95-104(27,28)67-75(11)83-42-32-39-80(61-83)71(5)6/h31-33,38-43,46-53,60-64,73-76H,1,3,5,7,34-37,44-45,54-59,65-68H2,2,4,6,8-30H3. The largest absolute Gasteiger partial charge is 0.493 e.